The molecule has 2 rings (SSSR count). The summed E-state index contributed by atoms with van der Waals surface area (Å²) in [5.74, 6) is -1.65. The zero-order valence-corrected chi connectivity index (χ0v) is 10.7. The van der Waals surface area contributed by atoms with Crippen LogP contribution in [0.15, 0.2) is 24.4 Å². The highest BCUT2D eigenvalue weighted by molar-refractivity contribution is 6.30. The van der Waals surface area contributed by atoms with Crippen molar-refractivity contribution in [3.8, 4) is 0 Å². The van der Waals surface area contributed by atoms with E-state index in [1.54, 1.807) is 6.92 Å². The molecule has 6 nitrogen and oxygen atoms in total. The maximum atomic E-state index is 11.9. The lowest BCUT2D eigenvalue weighted by molar-refractivity contribution is 0.0692. The number of halogens is 1. The molecule has 0 spiro atoms. The van der Waals surface area contributed by atoms with E-state index in [-0.39, 0.29) is 17.1 Å². The second-order valence-corrected chi connectivity index (χ2v) is 4.30. The smallest absolute Gasteiger partial charge is 0.354 e. The van der Waals surface area contributed by atoms with E-state index in [1.807, 2.05) is 0 Å². The third-order valence-electron chi connectivity index (χ3n) is 2.37. The van der Waals surface area contributed by atoms with Gasteiger partial charge in [0.1, 0.15) is 11.4 Å². The second kappa shape index (κ2) is 5.11. The summed E-state index contributed by atoms with van der Waals surface area (Å²) < 4.78 is 0. The number of pyridine rings is 1. The maximum absolute atomic E-state index is 11.9. The SMILES string of the molecule is Cc1cc(NC(=O)c2ccc(Cl)cn2)c(C(=O)O)[nH]1. The van der Waals surface area contributed by atoms with Crippen LogP contribution >= 0.6 is 11.6 Å². The number of H-pyrrole nitrogens is 1. The normalized spacial score (nSPS) is 10.2. The van der Waals surface area contributed by atoms with Crippen LogP contribution in [-0.4, -0.2) is 27.0 Å². The largest absolute Gasteiger partial charge is 0.477 e. The maximum Gasteiger partial charge on any atom is 0.354 e. The van der Waals surface area contributed by atoms with Gasteiger partial charge in [0.2, 0.25) is 0 Å². The summed E-state index contributed by atoms with van der Waals surface area (Å²) in [6, 6.07) is 4.53. The minimum atomic E-state index is -1.15. The number of aromatic amines is 1. The minimum Gasteiger partial charge on any atom is -0.477 e. The molecular weight excluding hydrogens is 270 g/mol. The van der Waals surface area contributed by atoms with Crippen LogP contribution in [0.4, 0.5) is 5.69 Å². The van der Waals surface area contributed by atoms with Crippen molar-refractivity contribution in [3.63, 3.8) is 0 Å². The quantitative estimate of drug-likeness (QED) is 0.803. The fourth-order valence-corrected chi connectivity index (χ4v) is 1.66. The van der Waals surface area contributed by atoms with Crippen LogP contribution in [0.25, 0.3) is 0 Å². The summed E-state index contributed by atoms with van der Waals surface area (Å²) in [6.45, 7) is 1.70. The van der Waals surface area contributed by atoms with Crippen LogP contribution in [0.5, 0.6) is 0 Å². The first kappa shape index (κ1) is 13.1. The van der Waals surface area contributed by atoms with Crippen molar-refractivity contribution in [3.05, 3.63) is 46.5 Å². The Bertz CT molecular complexity index is 634. The number of hydrogen-bond acceptors (Lipinski definition) is 3. The van der Waals surface area contributed by atoms with Gasteiger partial charge in [-0.2, -0.15) is 0 Å². The van der Waals surface area contributed by atoms with Crippen molar-refractivity contribution in [2.45, 2.75) is 6.92 Å². The highest BCUT2D eigenvalue weighted by atomic mass is 35.5. The van der Waals surface area contributed by atoms with Crippen molar-refractivity contribution in [1.29, 1.82) is 0 Å². The molecule has 0 fully saturated rings. The Kier molecular flexibility index (Phi) is 3.52. The van der Waals surface area contributed by atoms with Crippen LogP contribution in [-0.2, 0) is 0 Å². The Labute approximate surface area is 113 Å². The van der Waals surface area contributed by atoms with Gasteiger partial charge < -0.3 is 15.4 Å². The van der Waals surface area contributed by atoms with Gasteiger partial charge >= 0.3 is 5.97 Å². The van der Waals surface area contributed by atoms with Gasteiger partial charge in [-0.15, -0.1) is 0 Å². The van der Waals surface area contributed by atoms with E-state index in [0.29, 0.717) is 10.7 Å². The number of nitrogens with zero attached hydrogens (tertiary/aromatic N) is 1. The third kappa shape index (κ3) is 2.92. The average molecular weight is 280 g/mol. The number of carboxylic acid groups (broad SMARTS) is 1. The molecule has 0 aliphatic carbocycles. The first-order chi connectivity index (χ1) is 8.97. The lowest BCUT2D eigenvalue weighted by atomic mass is 10.3. The molecule has 0 aliphatic heterocycles. The summed E-state index contributed by atoms with van der Waals surface area (Å²) in [5.41, 5.74) is 0.919. The molecule has 0 aromatic carbocycles. The average Bonchev–Trinajstić information content (AvgIpc) is 2.71. The molecule has 0 aliphatic rings. The van der Waals surface area contributed by atoms with Crippen LogP contribution in [0.1, 0.15) is 26.7 Å². The third-order valence-corrected chi connectivity index (χ3v) is 2.60. The fraction of sp³-hybridized carbons (Fsp3) is 0.0833. The molecule has 19 heavy (non-hydrogen) atoms. The molecule has 0 saturated heterocycles. The van der Waals surface area contributed by atoms with Gasteiger partial charge in [0, 0.05) is 11.9 Å². The number of hydrogen-bond donors (Lipinski definition) is 3. The van der Waals surface area contributed by atoms with Gasteiger partial charge in [-0.3, -0.25) is 4.79 Å². The molecule has 2 aromatic rings. The molecule has 2 heterocycles. The van der Waals surface area contributed by atoms with Gasteiger partial charge in [-0.25, -0.2) is 9.78 Å². The van der Waals surface area contributed by atoms with Crippen LogP contribution in [0.3, 0.4) is 0 Å². The van der Waals surface area contributed by atoms with Crippen molar-refractivity contribution in [2.24, 2.45) is 0 Å². The number of rotatable bonds is 3. The summed E-state index contributed by atoms with van der Waals surface area (Å²) in [4.78, 5) is 29.4. The van der Waals surface area contributed by atoms with Gasteiger partial charge in [0.05, 0.1) is 10.7 Å². The van der Waals surface area contributed by atoms with Crippen molar-refractivity contribution < 1.29 is 14.7 Å². The number of aromatic carboxylic acids is 1. The molecule has 3 N–H and O–H groups in total. The monoisotopic (exact) mass is 279 g/mol. The molecule has 0 atom stereocenters. The molecule has 7 heteroatoms. The highest BCUT2D eigenvalue weighted by Crippen LogP contribution is 2.17. The Hall–Kier alpha value is -2.34. The number of carboxylic acids is 1. The number of nitrogens with one attached hydrogen (secondary N) is 2. The van der Waals surface area contributed by atoms with E-state index >= 15 is 0 Å². The number of carbonyl (C=O) groups is 2. The Morgan fingerprint density at radius 3 is 2.74 bits per heavy atom. The molecule has 0 saturated carbocycles. The van der Waals surface area contributed by atoms with E-state index in [2.05, 4.69) is 15.3 Å². The molecule has 0 unspecified atom stereocenters. The zero-order valence-electron chi connectivity index (χ0n) is 9.90. The zero-order chi connectivity index (χ0) is 14.0. The predicted octanol–water partition coefficient (Wildman–Crippen LogP) is 2.32. The lowest BCUT2D eigenvalue weighted by Gasteiger charge is -2.03. The summed E-state index contributed by atoms with van der Waals surface area (Å²) >= 11 is 5.67. The van der Waals surface area contributed by atoms with E-state index in [9.17, 15) is 9.59 Å². The number of carbonyl (C=O) groups excluding carboxylic acids is 1. The van der Waals surface area contributed by atoms with Crippen LogP contribution in [0.2, 0.25) is 5.02 Å². The van der Waals surface area contributed by atoms with E-state index in [1.165, 1.54) is 24.4 Å². The first-order valence-electron chi connectivity index (χ1n) is 5.33. The van der Waals surface area contributed by atoms with Gasteiger partial charge in [-0.05, 0) is 25.1 Å². The molecular formula is C12H10ClN3O3. The minimum absolute atomic E-state index is 0.0696. The molecule has 2 aromatic heterocycles. The number of anilines is 1. The molecule has 1 amide bonds. The summed E-state index contributed by atoms with van der Waals surface area (Å²) in [6.07, 6.45) is 1.34. The van der Waals surface area contributed by atoms with Gasteiger partial charge in [-0.1, -0.05) is 11.6 Å². The topological polar surface area (TPSA) is 95.1 Å². The molecule has 0 radical (unpaired) electrons. The standard InChI is InChI=1S/C12H10ClN3O3/c1-6-4-9(10(15-6)12(18)19)16-11(17)8-3-2-7(13)5-14-8/h2-5,15H,1H3,(H,16,17)(H,18,19). The number of aryl methyl sites for hydroxylation is 1. The van der Waals surface area contributed by atoms with Crippen LogP contribution in [0, 0.1) is 6.92 Å². The fourth-order valence-electron chi connectivity index (χ4n) is 1.55. The van der Waals surface area contributed by atoms with Gasteiger partial charge in [0.15, 0.2) is 0 Å². The summed E-state index contributed by atoms with van der Waals surface area (Å²) in [7, 11) is 0. The second-order valence-electron chi connectivity index (χ2n) is 3.86. The molecule has 98 valence electrons. The van der Waals surface area contributed by atoms with Crippen molar-refractivity contribution in [2.75, 3.05) is 5.32 Å². The van der Waals surface area contributed by atoms with Crippen molar-refractivity contribution >= 4 is 29.2 Å². The highest BCUT2D eigenvalue weighted by Gasteiger charge is 2.16. The Morgan fingerprint density at radius 1 is 1.42 bits per heavy atom. The van der Waals surface area contributed by atoms with E-state index in [4.69, 9.17) is 16.7 Å². The van der Waals surface area contributed by atoms with E-state index < -0.39 is 11.9 Å². The lowest BCUT2D eigenvalue weighted by Crippen LogP contribution is -2.15. The number of amides is 1. The van der Waals surface area contributed by atoms with Gasteiger partial charge in [0.25, 0.3) is 5.91 Å². The van der Waals surface area contributed by atoms with Crippen molar-refractivity contribution in [1.82, 2.24) is 9.97 Å². The predicted molar refractivity (Wildman–Crippen MR) is 69.7 cm³/mol. The molecule has 0 bridgehead atoms. The Morgan fingerprint density at radius 2 is 2.16 bits per heavy atom. The summed E-state index contributed by atoms with van der Waals surface area (Å²) in [5, 5.41) is 11.9. The van der Waals surface area contributed by atoms with Crippen LogP contribution < -0.4 is 5.32 Å². The Balaban J connectivity index is 2.24. The van der Waals surface area contributed by atoms with E-state index in [0.717, 1.165) is 0 Å². The number of aromatic nitrogens is 2. The first-order valence-corrected chi connectivity index (χ1v) is 5.71.